The van der Waals surface area contributed by atoms with Crippen LogP contribution < -0.4 is 21.3 Å². The second-order valence-corrected chi connectivity index (χ2v) is 27.4. The Balaban J connectivity index is 0.000000153. The molecule has 0 bridgehead atoms. The van der Waals surface area contributed by atoms with Crippen molar-refractivity contribution in [3.05, 3.63) is 358 Å². The Bertz CT molecular complexity index is 5530. The molecule has 3 aliphatic carbocycles. The Kier molecular flexibility index (Phi) is 26.5. The molecule has 1 heterocycles. The van der Waals surface area contributed by atoms with Gasteiger partial charge in [0.25, 0.3) is 0 Å². The Labute approximate surface area is 664 Å². The van der Waals surface area contributed by atoms with Crippen LogP contribution in [0.5, 0.6) is 17.2 Å². The van der Waals surface area contributed by atoms with E-state index in [4.69, 9.17) is 21.8 Å². The molecule has 0 saturated carbocycles. The van der Waals surface area contributed by atoms with Crippen molar-refractivity contribution < 1.29 is 73.7 Å². The van der Waals surface area contributed by atoms with Crippen LogP contribution in [0.4, 0.5) is 45.5 Å². The molecule has 0 atom stereocenters. The number of carbonyl (C=O) groups excluding carboxylic acids is 8. The number of benzene rings is 12. The molecule has 12 aromatic rings. The molecule has 19 nitrogen and oxygen atoms in total. The first-order chi connectivity index (χ1) is 55.0. The molecule has 0 aromatic heterocycles. The second kappa shape index (κ2) is 37.1. The van der Waals surface area contributed by atoms with Gasteiger partial charge in [-0.05, 0) is 202 Å². The van der Waals surface area contributed by atoms with E-state index in [1.165, 1.54) is 17.7 Å². The summed E-state index contributed by atoms with van der Waals surface area (Å²) in [4.78, 5) is 102. The van der Waals surface area contributed by atoms with Gasteiger partial charge in [-0.15, -0.1) is 0 Å². The number of phenols is 3. The number of aliphatic hydroxyl groups is 3. The molecule has 114 heavy (non-hydrogen) atoms. The average Bonchev–Trinajstić information content (AvgIpc) is 0.997. The van der Waals surface area contributed by atoms with Gasteiger partial charge in [-0.2, -0.15) is 0 Å². The summed E-state index contributed by atoms with van der Waals surface area (Å²) in [5.74, 6) is -3.08. The molecule has 0 fully saturated rings. The fourth-order valence-corrected chi connectivity index (χ4v) is 13.5. The van der Waals surface area contributed by atoms with Crippen LogP contribution in [0.25, 0.3) is 0 Å². The summed E-state index contributed by atoms with van der Waals surface area (Å²) in [5, 5.41) is 69.8. The lowest BCUT2D eigenvalue weighted by molar-refractivity contribution is 0.0442. The Morgan fingerprint density at radius 1 is 0.307 bits per heavy atom. The van der Waals surface area contributed by atoms with Crippen molar-refractivity contribution in [2.24, 2.45) is 0 Å². The molecule has 4 aliphatic rings. The zero-order valence-corrected chi connectivity index (χ0v) is 64.2. The van der Waals surface area contributed by atoms with Crippen molar-refractivity contribution in [2.75, 3.05) is 41.1 Å². The molecule has 10 N–H and O–H groups in total. The predicted molar refractivity (Wildman–Crippen MR) is 443 cm³/mol. The van der Waals surface area contributed by atoms with Crippen molar-refractivity contribution in [1.82, 2.24) is 0 Å². The van der Waals surface area contributed by atoms with Gasteiger partial charge in [0.05, 0.1) is 67.3 Å². The van der Waals surface area contributed by atoms with Crippen LogP contribution in [0.2, 0.25) is 5.02 Å². The number of phenolic OH excluding ortho intramolecular Hbond substituents is 3. The van der Waals surface area contributed by atoms with Crippen molar-refractivity contribution in [1.29, 1.82) is 0 Å². The van der Waals surface area contributed by atoms with Crippen LogP contribution in [-0.4, -0.2) is 97.1 Å². The number of esters is 2. The van der Waals surface area contributed by atoms with Crippen LogP contribution in [0.15, 0.2) is 237 Å². The highest BCUT2D eigenvalue weighted by Crippen LogP contribution is 2.43. The van der Waals surface area contributed by atoms with E-state index in [1.807, 2.05) is 150 Å². The first kappa shape index (κ1) is 81.6. The number of nitrogens with one attached hydrogen (secondary N) is 4. The first-order valence-electron chi connectivity index (χ1n) is 37.1. The highest BCUT2D eigenvalue weighted by atomic mass is 35.5. The number of aromatic hydroxyl groups is 3. The quantitative estimate of drug-likeness (QED) is 0.0244. The van der Waals surface area contributed by atoms with Gasteiger partial charge < -0.3 is 56.6 Å². The molecule has 20 heteroatoms. The van der Waals surface area contributed by atoms with Crippen molar-refractivity contribution >= 4 is 104 Å². The van der Waals surface area contributed by atoms with Gasteiger partial charge in [-0.25, -0.2) is 9.59 Å². The molecule has 12 aromatic carbocycles. The lowest BCUT2D eigenvalue weighted by Crippen LogP contribution is -2.23. The van der Waals surface area contributed by atoms with Crippen LogP contribution in [0.1, 0.15) is 182 Å². The number of aliphatic hydroxyl groups excluding tert-OH is 3. The lowest BCUT2D eigenvalue weighted by atomic mass is 9.81. The van der Waals surface area contributed by atoms with E-state index in [0.717, 1.165) is 69.0 Å². The summed E-state index contributed by atoms with van der Waals surface area (Å²) in [7, 11) is 0. The maximum absolute atomic E-state index is 13.8. The first-order valence-corrected chi connectivity index (χ1v) is 37.5. The number of carbonyl (C=O) groups is 8. The van der Waals surface area contributed by atoms with Gasteiger partial charge in [-0.1, -0.05) is 159 Å². The van der Waals surface area contributed by atoms with Crippen molar-refractivity contribution in [2.45, 2.75) is 73.6 Å². The summed E-state index contributed by atoms with van der Waals surface area (Å²) in [5.41, 5.74) is 16.6. The number of cyclic esters (lactones) is 2. The average molecular weight is 1540 g/mol. The van der Waals surface area contributed by atoms with Crippen molar-refractivity contribution in [3.63, 3.8) is 0 Å². The van der Waals surface area contributed by atoms with E-state index in [0.29, 0.717) is 103 Å². The number of anilines is 8. The van der Waals surface area contributed by atoms with E-state index in [9.17, 15) is 58.8 Å². The topological polar surface area (TPSA) is 315 Å². The summed E-state index contributed by atoms with van der Waals surface area (Å²) in [6, 6.07) is 69.5. The van der Waals surface area contributed by atoms with E-state index in [-0.39, 0.29) is 82.5 Å². The minimum absolute atomic E-state index is 0.0777. The van der Waals surface area contributed by atoms with E-state index in [2.05, 4.69) is 45.1 Å². The largest absolute Gasteiger partial charge is 0.508 e. The number of ether oxygens (including phenoxy) is 1. The Morgan fingerprint density at radius 2 is 0.588 bits per heavy atom. The monoisotopic (exact) mass is 1540 g/mol. The summed E-state index contributed by atoms with van der Waals surface area (Å²) in [6.07, 6.45) is 3.81. The van der Waals surface area contributed by atoms with E-state index >= 15 is 0 Å². The zero-order chi connectivity index (χ0) is 81.4. The number of halogens is 1. The molecule has 1 aliphatic heterocycles. The molecule has 0 spiro atoms. The zero-order valence-electron chi connectivity index (χ0n) is 63.4. The number of hydrogen-bond donors (Lipinski definition) is 10. The van der Waals surface area contributed by atoms with Crippen LogP contribution in [0, 0.1) is 20.8 Å². The molecule has 0 amide bonds. The maximum Gasteiger partial charge on any atom is 0.346 e. The Hall–Kier alpha value is -13.4. The Morgan fingerprint density at radius 3 is 0.912 bits per heavy atom. The molecule has 0 radical (unpaired) electrons. The molecular formula is C94H83ClN4O15. The van der Waals surface area contributed by atoms with Gasteiger partial charge in [0, 0.05) is 81.0 Å². The standard InChI is InChI=1S/C31H28N2O4.C31H28N2O3.C15H10O4.C9H6O3.C6H5ClO.C2H6/c1-19-2-11-24-25(18-19)31(37)29-27(33-23-9-5-21(6-10-23)15-17-35)13-12-26(28(29)30(24)36)32-22-7-3-20(4-8-22)14-16-34;1-2-5-20-8-12-22(13-9-20)32-26-16-17-27(33-23-14-10-21(11-15-23)18-19-34)29-28(26)30(35)24-6-3-4-7-25(24)31(29)36;1-7-2-3-8-9(6-7)15(19)13-11(17)5-4-10(16)12(13)14(8)18;1-5-2-3-6-7(4-5)9(11)12-8(6)10;7-5-1-3-6(8)4-2-5;1-2/h2-13,18,32-35H,14-17H2,1H3;3-4,6-17,32-34H,2,5,18-19H2,1H3;2-6,16-17H,1H3;2-4H,1H3;1-4,8H;1-2H3. The SMILES string of the molecule is CC.CCCc1ccc(Nc2ccc(Nc3ccc(CCO)cc3)c3c2C(=O)c2ccccc2C3=O)cc1.Cc1ccc2c(c1)C(=O)OC2=O.Cc1ccc2c(c1)C(=O)c1c(Nc3ccc(CCO)cc3)ccc(Nc3ccc(CCO)cc3)c1C2=O.Cc1ccc2c(c1)C(=O)c1c(O)ccc(O)c1C2=O.Oc1ccc(Cl)cc1. The number of ketones is 6. The molecule has 0 saturated heterocycles. The smallest absolute Gasteiger partial charge is 0.346 e. The molecular weight excluding hydrogens is 1460 g/mol. The highest BCUT2D eigenvalue weighted by Gasteiger charge is 2.38. The third kappa shape index (κ3) is 18.4. The second-order valence-electron chi connectivity index (χ2n) is 27.0. The van der Waals surface area contributed by atoms with Gasteiger partial charge in [0.2, 0.25) is 0 Å². The van der Waals surface area contributed by atoms with E-state index < -0.39 is 23.5 Å². The molecule has 0 unspecified atom stereocenters. The molecule has 16 rings (SSSR count). The fourth-order valence-electron chi connectivity index (χ4n) is 13.3. The number of hydrogen-bond acceptors (Lipinski definition) is 19. The van der Waals surface area contributed by atoms with Crippen LogP contribution in [-0.2, 0) is 30.4 Å². The number of rotatable bonds is 16. The van der Waals surface area contributed by atoms with Crippen LogP contribution in [0.3, 0.4) is 0 Å². The summed E-state index contributed by atoms with van der Waals surface area (Å²) in [6.45, 7) is 12.0. The summed E-state index contributed by atoms with van der Waals surface area (Å²) < 4.78 is 4.41. The minimum Gasteiger partial charge on any atom is -0.508 e. The highest BCUT2D eigenvalue weighted by molar-refractivity contribution is 6.34. The van der Waals surface area contributed by atoms with Gasteiger partial charge in [-0.3, -0.25) is 28.8 Å². The van der Waals surface area contributed by atoms with E-state index in [1.54, 1.807) is 97.1 Å². The normalized spacial score (nSPS) is 12.2. The lowest BCUT2D eigenvalue weighted by Gasteiger charge is -2.24. The van der Waals surface area contributed by atoms with Gasteiger partial charge in [0.15, 0.2) is 34.7 Å². The van der Waals surface area contributed by atoms with Crippen molar-refractivity contribution in [3.8, 4) is 17.2 Å². The number of aryl methyl sites for hydroxylation is 4. The predicted octanol–water partition coefficient (Wildman–Crippen LogP) is 18.3. The summed E-state index contributed by atoms with van der Waals surface area (Å²) >= 11 is 5.50. The third-order valence-corrected chi connectivity index (χ3v) is 19.2. The van der Waals surface area contributed by atoms with Crippen LogP contribution >= 0.6 is 11.6 Å². The maximum atomic E-state index is 13.8. The fraction of sp³-hybridized carbons (Fsp3) is 0.149. The van der Waals surface area contributed by atoms with Gasteiger partial charge in [0.1, 0.15) is 17.2 Å². The minimum atomic E-state index is -0.546. The third-order valence-electron chi connectivity index (χ3n) is 19.0. The molecule has 576 valence electrons. The van der Waals surface area contributed by atoms with Gasteiger partial charge >= 0.3 is 11.9 Å². The number of fused-ring (bicyclic) bond motifs is 7.